The van der Waals surface area contributed by atoms with Gasteiger partial charge in [0, 0.05) is 19.2 Å². The number of carboxylic acid groups (broad SMARTS) is 1. The van der Waals surface area contributed by atoms with Crippen molar-refractivity contribution >= 4 is 17.5 Å². The van der Waals surface area contributed by atoms with Crippen molar-refractivity contribution in [2.24, 2.45) is 5.92 Å². The molecule has 0 fully saturated rings. The molecule has 1 atom stereocenters. The Balaban J connectivity index is 2.82. The summed E-state index contributed by atoms with van der Waals surface area (Å²) >= 11 is 0. The maximum Gasteiger partial charge on any atom is 0.308 e. The van der Waals surface area contributed by atoms with Gasteiger partial charge in [0.2, 0.25) is 0 Å². The largest absolute Gasteiger partial charge is 0.481 e. The second-order valence-corrected chi connectivity index (χ2v) is 5.47. The Morgan fingerprint density at radius 2 is 2.09 bits per heavy atom. The molecule has 1 heterocycles. The van der Waals surface area contributed by atoms with E-state index in [9.17, 15) is 14.9 Å². The lowest BCUT2D eigenvalue weighted by atomic mass is 10.1. The summed E-state index contributed by atoms with van der Waals surface area (Å²) in [6.45, 7) is 3.45. The van der Waals surface area contributed by atoms with E-state index in [4.69, 9.17) is 5.11 Å². The van der Waals surface area contributed by atoms with Crippen molar-refractivity contribution in [1.82, 2.24) is 9.88 Å². The van der Waals surface area contributed by atoms with Crippen LogP contribution >= 0.6 is 0 Å². The molecule has 0 saturated heterocycles. The second kappa shape index (κ2) is 8.28. The number of pyridine rings is 1. The van der Waals surface area contributed by atoms with Crippen LogP contribution in [0.2, 0.25) is 0 Å². The zero-order valence-electron chi connectivity index (χ0n) is 13.1. The summed E-state index contributed by atoms with van der Waals surface area (Å²) in [4.78, 5) is 29.2. The Morgan fingerprint density at radius 3 is 2.55 bits per heavy atom. The Morgan fingerprint density at radius 1 is 1.41 bits per heavy atom. The Labute approximate surface area is 129 Å². The number of nitrogens with zero attached hydrogens (tertiary/aromatic N) is 4. The predicted molar refractivity (Wildman–Crippen MR) is 83.1 cm³/mol. The molecule has 22 heavy (non-hydrogen) atoms. The van der Waals surface area contributed by atoms with Gasteiger partial charge in [-0.25, -0.2) is 4.98 Å². The van der Waals surface area contributed by atoms with Gasteiger partial charge in [-0.05, 0) is 33.1 Å². The molecule has 1 N–H and O–H groups in total. The van der Waals surface area contributed by atoms with Gasteiger partial charge in [0.15, 0.2) is 0 Å². The van der Waals surface area contributed by atoms with Crippen LogP contribution in [0.25, 0.3) is 0 Å². The van der Waals surface area contributed by atoms with Gasteiger partial charge in [0.25, 0.3) is 5.69 Å². The fourth-order valence-electron chi connectivity index (χ4n) is 1.96. The van der Waals surface area contributed by atoms with Crippen molar-refractivity contribution in [3.8, 4) is 0 Å². The lowest BCUT2D eigenvalue weighted by Crippen LogP contribution is -2.34. The van der Waals surface area contributed by atoms with Gasteiger partial charge in [-0.1, -0.05) is 6.92 Å². The third kappa shape index (κ3) is 5.65. The fraction of sp³-hybridized carbons (Fsp3) is 0.571. The smallest absolute Gasteiger partial charge is 0.308 e. The first kappa shape index (κ1) is 17.8. The van der Waals surface area contributed by atoms with E-state index in [1.54, 1.807) is 13.0 Å². The molecule has 8 heteroatoms. The first-order valence-electron chi connectivity index (χ1n) is 7.04. The van der Waals surface area contributed by atoms with Crippen LogP contribution < -0.4 is 4.90 Å². The van der Waals surface area contributed by atoms with Gasteiger partial charge in [0.05, 0.1) is 10.8 Å². The number of hydrogen-bond donors (Lipinski definition) is 1. The van der Waals surface area contributed by atoms with Crippen molar-refractivity contribution in [3.05, 3.63) is 28.4 Å². The standard InChI is InChI=1S/C14H22N4O4/c1-11(14(19)20)10-17(8-4-7-16(2)3)13-6-5-12(9-15-13)18(21)22/h5-6,9,11H,4,7-8,10H2,1-3H3,(H,19,20). The SMILES string of the molecule is CC(CN(CCCN(C)C)c1ccc([N+](=O)[O-])cn1)C(=O)O. The molecule has 0 spiro atoms. The summed E-state index contributed by atoms with van der Waals surface area (Å²) in [5, 5.41) is 19.7. The van der Waals surface area contributed by atoms with Crippen LogP contribution in [-0.2, 0) is 4.79 Å². The third-order valence-corrected chi connectivity index (χ3v) is 3.22. The number of hydrogen-bond acceptors (Lipinski definition) is 6. The van der Waals surface area contributed by atoms with Crippen LogP contribution in [0.3, 0.4) is 0 Å². The molecular weight excluding hydrogens is 288 g/mol. The fourth-order valence-corrected chi connectivity index (χ4v) is 1.96. The minimum atomic E-state index is -0.875. The van der Waals surface area contributed by atoms with E-state index in [0.717, 1.165) is 13.0 Å². The van der Waals surface area contributed by atoms with Gasteiger partial charge in [-0.2, -0.15) is 0 Å². The highest BCUT2D eigenvalue weighted by Gasteiger charge is 2.18. The van der Waals surface area contributed by atoms with Crippen LogP contribution in [0.4, 0.5) is 11.5 Å². The maximum absolute atomic E-state index is 11.0. The number of carbonyl (C=O) groups is 1. The van der Waals surface area contributed by atoms with Crippen molar-refractivity contribution in [1.29, 1.82) is 0 Å². The summed E-state index contributed by atoms with van der Waals surface area (Å²) in [6, 6.07) is 2.94. The minimum absolute atomic E-state index is 0.0803. The van der Waals surface area contributed by atoms with E-state index in [-0.39, 0.29) is 5.69 Å². The number of aliphatic carboxylic acids is 1. The van der Waals surface area contributed by atoms with E-state index in [1.807, 2.05) is 23.9 Å². The molecule has 0 aliphatic heterocycles. The molecular formula is C14H22N4O4. The summed E-state index contributed by atoms with van der Waals surface area (Å²) < 4.78 is 0. The lowest BCUT2D eigenvalue weighted by molar-refractivity contribution is -0.385. The first-order valence-corrected chi connectivity index (χ1v) is 7.04. The van der Waals surface area contributed by atoms with Crippen molar-refractivity contribution in [3.63, 3.8) is 0 Å². The van der Waals surface area contributed by atoms with Gasteiger partial charge >= 0.3 is 5.97 Å². The van der Waals surface area contributed by atoms with Crippen LogP contribution in [-0.4, -0.2) is 59.6 Å². The van der Waals surface area contributed by atoms with Gasteiger partial charge in [-0.15, -0.1) is 0 Å². The molecule has 1 aromatic heterocycles. The molecule has 0 radical (unpaired) electrons. The molecule has 1 rings (SSSR count). The molecule has 0 aliphatic rings. The highest BCUT2D eigenvalue weighted by molar-refractivity contribution is 5.70. The van der Waals surface area contributed by atoms with Gasteiger partial charge in [-0.3, -0.25) is 14.9 Å². The monoisotopic (exact) mass is 310 g/mol. The third-order valence-electron chi connectivity index (χ3n) is 3.22. The number of carboxylic acids is 1. The van der Waals surface area contributed by atoms with Crippen molar-refractivity contribution < 1.29 is 14.8 Å². The summed E-state index contributed by atoms with van der Waals surface area (Å²) in [6.07, 6.45) is 2.04. The molecule has 1 aromatic rings. The number of nitro groups is 1. The minimum Gasteiger partial charge on any atom is -0.481 e. The highest BCUT2D eigenvalue weighted by atomic mass is 16.6. The zero-order valence-corrected chi connectivity index (χ0v) is 13.1. The highest BCUT2D eigenvalue weighted by Crippen LogP contribution is 2.17. The molecule has 1 unspecified atom stereocenters. The molecule has 0 aromatic carbocycles. The van der Waals surface area contributed by atoms with E-state index < -0.39 is 16.8 Å². The molecule has 0 bridgehead atoms. The van der Waals surface area contributed by atoms with Crippen molar-refractivity contribution in [2.75, 3.05) is 38.6 Å². The van der Waals surface area contributed by atoms with Crippen LogP contribution in [0.5, 0.6) is 0 Å². The quantitative estimate of drug-likeness (QED) is 0.544. The Bertz CT molecular complexity index is 504. The molecule has 0 amide bonds. The molecule has 122 valence electrons. The number of aromatic nitrogens is 1. The normalized spacial score (nSPS) is 12.2. The van der Waals surface area contributed by atoms with Gasteiger partial charge < -0.3 is 14.9 Å². The number of anilines is 1. The predicted octanol–water partition coefficient (Wildman–Crippen LogP) is 1.47. The molecule has 0 saturated carbocycles. The van der Waals surface area contributed by atoms with Crippen LogP contribution in [0.1, 0.15) is 13.3 Å². The van der Waals surface area contributed by atoms with Gasteiger partial charge in [0.1, 0.15) is 12.0 Å². The van der Waals surface area contributed by atoms with Crippen LogP contribution in [0, 0.1) is 16.0 Å². The zero-order chi connectivity index (χ0) is 16.7. The topological polar surface area (TPSA) is 99.8 Å². The van der Waals surface area contributed by atoms with E-state index in [2.05, 4.69) is 4.98 Å². The average molecular weight is 310 g/mol. The molecule has 0 aliphatic carbocycles. The van der Waals surface area contributed by atoms with E-state index in [0.29, 0.717) is 18.9 Å². The number of rotatable bonds is 9. The van der Waals surface area contributed by atoms with E-state index in [1.165, 1.54) is 12.3 Å². The molecule has 8 nitrogen and oxygen atoms in total. The van der Waals surface area contributed by atoms with Crippen molar-refractivity contribution in [2.45, 2.75) is 13.3 Å². The summed E-state index contributed by atoms with van der Waals surface area (Å²) in [5.41, 5.74) is -0.0803. The first-order chi connectivity index (χ1) is 10.3. The summed E-state index contributed by atoms with van der Waals surface area (Å²) in [5.74, 6) is -0.867. The average Bonchev–Trinajstić information content (AvgIpc) is 2.45. The Hall–Kier alpha value is -2.22. The van der Waals surface area contributed by atoms with Crippen LogP contribution in [0.15, 0.2) is 18.3 Å². The lowest BCUT2D eigenvalue weighted by Gasteiger charge is -2.26. The Kier molecular flexibility index (Phi) is 6.71. The summed E-state index contributed by atoms with van der Waals surface area (Å²) in [7, 11) is 3.93. The van der Waals surface area contributed by atoms with E-state index >= 15 is 0 Å². The second-order valence-electron chi connectivity index (χ2n) is 5.47. The maximum atomic E-state index is 11.0.